The lowest BCUT2D eigenvalue weighted by Gasteiger charge is -2.61. The van der Waals surface area contributed by atoms with E-state index in [1.165, 1.54) is 38.5 Å². The van der Waals surface area contributed by atoms with Gasteiger partial charge >= 0.3 is 0 Å². The number of amides is 1. The van der Waals surface area contributed by atoms with Crippen LogP contribution in [0.5, 0.6) is 0 Å². The molecule has 0 spiro atoms. The number of piperazine rings is 1. The minimum Gasteiger partial charge on any atom is -0.335 e. The second-order valence-electron chi connectivity index (χ2n) is 8.81. The van der Waals surface area contributed by atoms with Crippen molar-refractivity contribution in [2.24, 2.45) is 24.8 Å². The predicted molar refractivity (Wildman–Crippen MR) is 91.6 cm³/mol. The van der Waals surface area contributed by atoms with Crippen molar-refractivity contribution >= 4 is 5.91 Å². The van der Waals surface area contributed by atoms with Gasteiger partial charge in [-0.1, -0.05) is 0 Å². The Kier molecular flexibility index (Phi) is 3.31. The van der Waals surface area contributed by atoms with Crippen LogP contribution in [0.1, 0.15) is 49.0 Å². The van der Waals surface area contributed by atoms with Gasteiger partial charge in [-0.15, -0.1) is 0 Å². The first-order valence-electron chi connectivity index (χ1n) is 9.64. The van der Waals surface area contributed by atoms with Crippen molar-refractivity contribution in [3.05, 3.63) is 18.2 Å². The van der Waals surface area contributed by atoms with Crippen LogP contribution >= 0.6 is 0 Å². The van der Waals surface area contributed by atoms with Gasteiger partial charge in [-0.25, -0.2) is 4.98 Å². The van der Waals surface area contributed by atoms with E-state index in [4.69, 9.17) is 0 Å². The van der Waals surface area contributed by atoms with Crippen LogP contribution < -0.4 is 0 Å². The maximum absolute atomic E-state index is 12.7. The molecule has 1 aromatic rings. The van der Waals surface area contributed by atoms with Gasteiger partial charge in [0.15, 0.2) is 0 Å². The third kappa shape index (κ3) is 2.24. The van der Waals surface area contributed by atoms with Gasteiger partial charge in [0.25, 0.3) is 5.91 Å². The molecular weight excluding hydrogens is 300 g/mol. The first-order valence-corrected chi connectivity index (χ1v) is 9.64. The monoisotopic (exact) mass is 328 g/mol. The molecule has 0 unspecified atom stereocenters. The Labute approximate surface area is 144 Å². The molecule has 1 aromatic heterocycles. The van der Waals surface area contributed by atoms with Crippen molar-refractivity contribution in [1.29, 1.82) is 0 Å². The highest BCUT2D eigenvalue weighted by atomic mass is 16.2. The molecule has 4 bridgehead atoms. The second kappa shape index (κ2) is 5.32. The van der Waals surface area contributed by atoms with Crippen LogP contribution in [0.2, 0.25) is 0 Å². The van der Waals surface area contributed by atoms with Gasteiger partial charge in [-0.3, -0.25) is 9.69 Å². The predicted octanol–water partition coefficient (Wildman–Crippen LogP) is 2.15. The van der Waals surface area contributed by atoms with Crippen molar-refractivity contribution < 1.29 is 4.79 Å². The van der Waals surface area contributed by atoms with Crippen molar-refractivity contribution in [3.63, 3.8) is 0 Å². The summed E-state index contributed by atoms with van der Waals surface area (Å²) in [6.07, 6.45) is 12.2. The zero-order chi connectivity index (χ0) is 16.3. The van der Waals surface area contributed by atoms with E-state index in [1.807, 2.05) is 16.5 Å². The summed E-state index contributed by atoms with van der Waals surface area (Å²) < 4.78 is 1.83. The van der Waals surface area contributed by atoms with Crippen LogP contribution in [0, 0.1) is 17.8 Å². The number of aromatic nitrogens is 2. The first kappa shape index (κ1) is 14.9. The summed E-state index contributed by atoms with van der Waals surface area (Å²) >= 11 is 0. The zero-order valence-electron chi connectivity index (χ0n) is 14.7. The van der Waals surface area contributed by atoms with Gasteiger partial charge in [-0.2, -0.15) is 0 Å². The summed E-state index contributed by atoms with van der Waals surface area (Å²) in [5, 5.41) is 0. The highest BCUT2D eigenvalue weighted by Gasteiger charge is 2.53. The van der Waals surface area contributed by atoms with Crippen LogP contribution in [-0.2, 0) is 7.05 Å². The molecule has 2 heterocycles. The normalized spacial score (nSPS) is 38.7. The molecule has 24 heavy (non-hydrogen) atoms. The number of imidazole rings is 1. The number of aryl methyl sites for hydroxylation is 1. The maximum atomic E-state index is 12.7. The number of hydrogen-bond donors (Lipinski definition) is 0. The molecule has 4 saturated carbocycles. The van der Waals surface area contributed by atoms with E-state index in [0.29, 0.717) is 11.2 Å². The standard InChI is InChI=1S/C19H28N4O/c1-21-13-20-12-17(21)18(24)22-2-4-23(5-3-22)19-9-14-6-15(10-19)8-16(7-14)11-19/h12-16H,2-11H2,1H3. The molecule has 130 valence electrons. The highest BCUT2D eigenvalue weighted by molar-refractivity contribution is 5.92. The number of carbonyl (C=O) groups excluding carboxylic acids is 1. The Morgan fingerprint density at radius 1 is 1.04 bits per heavy atom. The minimum absolute atomic E-state index is 0.139. The average Bonchev–Trinajstić information content (AvgIpc) is 2.99. The number of carbonyl (C=O) groups is 1. The van der Waals surface area contributed by atoms with Gasteiger partial charge in [0.2, 0.25) is 0 Å². The topological polar surface area (TPSA) is 41.4 Å². The summed E-state index contributed by atoms with van der Waals surface area (Å²) in [6.45, 7) is 3.84. The Balaban J connectivity index is 1.27. The summed E-state index contributed by atoms with van der Waals surface area (Å²) in [5.74, 6) is 3.11. The number of nitrogens with zero attached hydrogens (tertiary/aromatic N) is 4. The van der Waals surface area contributed by atoms with E-state index >= 15 is 0 Å². The minimum atomic E-state index is 0.139. The van der Waals surface area contributed by atoms with Crippen LogP contribution in [0.25, 0.3) is 0 Å². The molecule has 0 radical (unpaired) electrons. The van der Waals surface area contributed by atoms with E-state index in [2.05, 4.69) is 9.88 Å². The highest BCUT2D eigenvalue weighted by Crippen LogP contribution is 2.57. The Hall–Kier alpha value is -1.36. The molecule has 0 atom stereocenters. The third-order valence-corrected chi connectivity index (χ3v) is 7.28. The van der Waals surface area contributed by atoms with Gasteiger partial charge in [-0.05, 0) is 56.3 Å². The smallest absolute Gasteiger partial charge is 0.272 e. The summed E-state index contributed by atoms with van der Waals surface area (Å²) in [5.41, 5.74) is 1.19. The van der Waals surface area contributed by atoms with Crippen molar-refractivity contribution in [2.45, 2.75) is 44.1 Å². The fourth-order valence-electron chi connectivity index (χ4n) is 6.56. The Morgan fingerprint density at radius 2 is 1.62 bits per heavy atom. The molecule has 5 aliphatic rings. The molecule has 5 fully saturated rings. The van der Waals surface area contributed by atoms with Gasteiger partial charge in [0.1, 0.15) is 5.69 Å². The SMILES string of the molecule is Cn1cncc1C(=O)N1CCN(C23CC4CC(CC(C4)C2)C3)CC1. The van der Waals surface area contributed by atoms with Gasteiger partial charge in [0, 0.05) is 38.8 Å². The van der Waals surface area contributed by atoms with Crippen LogP contribution in [0.4, 0.5) is 0 Å². The number of hydrogen-bond acceptors (Lipinski definition) is 3. The van der Waals surface area contributed by atoms with E-state index in [0.717, 1.165) is 43.9 Å². The van der Waals surface area contributed by atoms with Crippen molar-refractivity contribution in [2.75, 3.05) is 26.2 Å². The molecule has 1 aliphatic heterocycles. The van der Waals surface area contributed by atoms with Gasteiger partial charge in [0.05, 0.1) is 12.5 Å². The lowest BCUT2D eigenvalue weighted by Crippen LogP contribution is -2.64. The molecule has 0 aromatic carbocycles. The molecule has 1 amide bonds. The number of rotatable bonds is 2. The molecule has 5 heteroatoms. The van der Waals surface area contributed by atoms with Gasteiger partial charge < -0.3 is 9.47 Å². The summed E-state index contributed by atoms with van der Waals surface area (Å²) in [7, 11) is 1.89. The first-order chi connectivity index (χ1) is 11.6. The Bertz CT molecular complexity index is 608. The fraction of sp³-hybridized carbons (Fsp3) is 0.789. The fourth-order valence-corrected chi connectivity index (χ4v) is 6.56. The second-order valence-corrected chi connectivity index (χ2v) is 8.81. The van der Waals surface area contributed by atoms with E-state index in [-0.39, 0.29) is 5.91 Å². The van der Waals surface area contributed by atoms with Crippen molar-refractivity contribution in [1.82, 2.24) is 19.4 Å². The van der Waals surface area contributed by atoms with Crippen LogP contribution in [0.3, 0.4) is 0 Å². The molecular formula is C19H28N4O. The van der Waals surface area contributed by atoms with E-state index < -0.39 is 0 Å². The summed E-state index contributed by atoms with van der Waals surface area (Å²) in [6, 6.07) is 0. The quantitative estimate of drug-likeness (QED) is 0.835. The zero-order valence-corrected chi connectivity index (χ0v) is 14.7. The molecule has 0 N–H and O–H groups in total. The lowest BCUT2D eigenvalue weighted by atomic mass is 9.52. The van der Waals surface area contributed by atoms with Crippen LogP contribution in [-0.4, -0.2) is 57.0 Å². The molecule has 5 nitrogen and oxygen atoms in total. The van der Waals surface area contributed by atoms with E-state index in [1.54, 1.807) is 12.5 Å². The Morgan fingerprint density at radius 3 is 2.12 bits per heavy atom. The third-order valence-electron chi connectivity index (χ3n) is 7.28. The lowest BCUT2D eigenvalue weighted by molar-refractivity contribution is -0.0987. The maximum Gasteiger partial charge on any atom is 0.272 e. The average molecular weight is 328 g/mol. The van der Waals surface area contributed by atoms with Crippen molar-refractivity contribution in [3.8, 4) is 0 Å². The largest absolute Gasteiger partial charge is 0.335 e. The van der Waals surface area contributed by atoms with E-state index in [9.17, 15) is 4.79 Å². The van der Waals surface area contributed by atoms with Crippen LogP contribution in [0.15, 0.2) is 12.5 Å². The molecule has 1 saturated heterocycles. The molecule has 4 aliphatic carbocycles. The molecule has 6 rings (SSSR count). The summed E-state index contributed by atoms with van der Waals surface area (Å²) in [4.78, 5) is 21.6.